The third-order valence-corrected chi connectivity index (χ3v) is 5.44. The van der Waals surface area contributed by atoms with Gasteiger partial charge in [0.25, 0.3) is 0 Å². The molecule has 2 atom stereocenters. The van der Waals surface area contributed by atoms with Crippen molar-refractivity contribution in [3.63, 3.8) is 0 Å². The number of carbonyl (C=O) groups is 3. The molecule has 35 heavy (non-hydrogen) atoms. The Morgan fingerprint density at radius 1 is 1.11 bits per heavy atom. The van der Waals surface area contributed by atoms with Crippen LogP contribution in [-0.2, 0) is 14.3 Å². The van der Waals surface area contributed by atoms with Gasteiger partial charge in [0.05, 0.1) is 20.8 Å². The van der Waals surface area contributed by atoms with Crippen molar-refractivity contribution in [3.05, 3.63) is 24.4 Å². The molecule has 1 aliphatic rings. The molecular weight excluding hydrogens is 456 g/mol. The summed E-state index contributed by atoms with van der Waals surface area (Å²) in [7, 11) is 4.62. The van der Waals surface area contributed by atoms with E-state index in [4.69, 9.17) is 18.9 Å². The Balaban J connectivity index is 1.77. The lowest BCUT2D eigenvalue weighted by atomic mass is 10.1. The van der Waals surface area contributed by atoms with Crippen molar-refractivity contribution in [2.75, 3.05) is 34.4 Å². The number of likely N-dealkylation sites (tertiary alicyclic amines) is 1. The molecule has 11 nitrogen and oxygen atoms in total. The minimum atomic E-state index is -0.748. The molecule has 11 heteroatoms. The highest BCUT2D eigenvalue weighted by atomic mass is 16.6. The third kappa shape index (κ3) is 6.03. The predicted molar refractivity (Wildman–Crippen MR) is 128 cm³/mol. The topological polar surface area (TPSA) is 128 Å². The summed E-state index contributed by atoms with van der Waals surface area (Å²) in [6.07, 6.45) is 0.662. The molecule has 0 bridgehead atoms. The Morgan fingerprint density at radius 3 is 2.49 bits per heavy atom. The van der Waals surface area contributed by atoms with Gasteiger partial charge in [0.15, 0.2) is 11.5 Å². The fraction of sp³-hybridized carbons (Fsp3) is 0.500. The van der Waals surface area contributed by atoms with Crippen LogP contribution in [0.1, 0.15) is 27.2 Å². The van der Waals surface area contributed by atoms with E-state index in [9.17, 15) is 14.4 Å². The molecule has 3 rings (SSSR count). The van der Waals surface area contributed by atoms with Crippen LogP contribution in [0.5, 0.6) is 17.4 Å². The average Bonchev–Trinajstić information content (AvgIpc) is 3.24. The summed E-state index contributed by atoms with van der Waals surface area (Å²) in [5, 5.41) is 6.49. The van der Waals surface area contributed by atoms with Gasteiger partial charge in [-0.1, -0.05) is 0 Å². The highest BCUT2D eigenvalue weighted by Gasteiger charge is 2.40. The Bertz CT molecular complexity index is 1100. The molecule has 1 fully saturated rings. The molecular formula is C24H32N4O7. The summed E-state index contributed by atoms with van der Waals surface area (Å²) in [6.45, 7) is 5.03. The van der Waals surface area contributed by atoms with Crippen molar-refractivity contribution in [2.24, 2.45) is 0 Å². The second-order valence-corrected chi connectivity index (χ2v) is 9.02. The number of pyridine rings is 1. The lowest BCUT2D eigenvalue weighted by molar-refractivity contribution is -0.137. The normalized spacial score (nSPS) is 17.6. The minimum Gasteiger partial charge on any atom is -0.493 e. The number of hydrogen-bond acceptors (Lipinski definition) is 8. The van der Waals surface area contributed by atoms with Gasteiger partial charge < -0.3 is 34.5 Å². The Labute approximate surface area is 204 Å². The first-order valence-corrected chi connectivity index (χ1v) is 11.2. The van der Waals surface area contributed by atoms with E-state index in [2.05, 4.69) is 15.6 Å². The molecule has 0 spiro atoms. The highest BCUT2D eigenvalue weighted by molar-refractivity contribution is 5.94. The standard InChI is InChI=1S/C24H32N4O7/c1-24(2,3)35-23(31)27-12-19(29)28-13-14(11-17(28)21(30)25-4)34-22-16-7-8-18(32-5)20(33-6)15(16)9-10-26-22/h7-10,14,17H,11-13H2,1-6H3,(H,25,30)(H,27,31)/t14-,17+/m1/s1. The van der Waals surface area contributed by atoms with Crippen LogP contribution in [0.3, 0.4) is 0 Å². The lowest BCUT2D eigenvalue weighted by Crippen LogP contribution is -2.48. The second-order valence-electron chi connectivity index (χ2n) is 9.02. The number of rotatable bonds is 7. The summed E-state index contributed by atoms with van der Waals surface area (Å²) in [5.74, 6) is 0.737. The average molecular weight is 489 g/mol. The molecule has 1 aliphatic heterocycles. The van der Waals surface area contributed by atoms with Crippen molar-refractivity contribution in [1.82, 2.24) is 20.5 Å². The molecule has 0 unspecified atom stereocenters. The summed E-state index contributed by atoms with van der Waals surface area (Å²) in [6, 6.07) is 4.62. The van der Waals surface area contributed by atoms with Gasteiger partial charge >= 0.3 is 6.09 Å². The monoisotopic (exact) mass is 488 g/mol. The predicted octanol–water partition coefficient (Wildman–Crippen LogP) is 1.87. The number of hydrogen-bond donors (Lipinski definition) is 2. The SMILES string of the molecule is CNC(=O)[C@@H]1C[C@@H](Oc2nccc3c(OC)c(OC)ccc23)CN1C(=O)CNC(=O)OC(C)(C)C. The van der Waals surface area contributed by atoms with Crippen molar-refractivity contribution in [1.29, 1.82) is 0 Å². The van der Waals surface area contributed by atoms with Crippen molar-refractivity contribution >= 4 is 28.7 Å². The number of amides is 3. The number of nitrogens with zero attached hydrogens (tertiary/aromatic N) is 2. The van der Waals surface area contributed by atoms with Crippen LogP contribution in [0.2, 0.25) is 0 Å². The molecule has 190 valence electrons. The molecule has 0 saturated carbocycles. The smallest absolute Gasteiger partial charge is 0.408 e. The Kier molecular flexibility index (Phi) is 7.88. The molecule has 0 aliphatic carbocycles. The van der Waals surface area contributed by atoms with Crippen molar-refractivity contribution in [3.8, 4) is 17.4 Å². The van der Waals surface area contributed by atoms with Crippen LogP contribution in [0.4, 0.5) is 4.79 Å². The molecule has 0 radical (unpaired) electrons. The molecule has 1 aromatic carbocycles. The maximum atomic E-state index is 12.9. The number of likely N-dealkylation sites (N-methyl/N-ethyl adjacent to an activating group) is 1. The summed E-state index contributed by atoms with van der Waals surface area (Å²) in [5.41, 5.74) is -0.692. The Morgan fingerprint density at radius 2 is 1.86 bits per heavy atom. The third-order valence-electron chi connectivity index (χ3n) is 5.44. The second kappa shape index (κ2) is 10.7. The molecule has 2 heterocycles. The zero-order chi connectivity index (χ0) is 25.8. The number of methoxy groups -OCH3 is 2. The quantitative estimate of drug-likeness (QED) is 0.605. The minimum absolute atomic E-state index is 0.151. The zero-order valence-electron chi connectivity index (χ0n) is 20.8. The van der Waals surface area contributed by atoms with Gasteiger partial charge in [0.1, 0.15) is 24.3 Å². The van der Waals surface area contributed by atoms with Gasteiger partial charge in [-0.25, -0.2) is 9.78 Å². The van der Waals surface area contributed by atoms with Gasteiger partial charge in [-0.05, 0) is 39.0 Å². The van der Waals surface area contributed by atoms with Crippen molar-refractivity contribution < 1.29 is 33.3 Å². The van der Waals surface area contributed by atoms with Crippen LogP contribution in [-0.4, -0.2) is 79.9 Å². The van der Waals surface area contributed by atoms with Gasteiger partial charge in [0, 0.05) is 30.4 Å². The largest absolute Gasteiger partial charge is 0.493 e. The van der Waals surface area contributed by atoms with Gasteiger partial charge in [-0.2, -0.15) is 0 Å². The fourth-order valence-electron chi connectivity index (χ4n) is 3.94. The molecule has 1 saturated heterocycles. The van der Waals surface area contributed by atoms with Crippen LogP contribution in [0.25, 0.3) is 10.8 Å². The summed E-state index contributed by atoms with van der Waals surface area (Å²) in [4.78, 5) is 43.1. The maximum Gasteiger partial charge on any atom is 0.408 e. The van der Waals surface area contributed by atoms with E-state index in [0.717, 1.165) is 5.39 Å². The maximum absolute atomic E-state index is 12.9. The van der Waals surface area contributed by atoms with Crippen LogP contribution < -0.4 is 24.8 Å². The van der Waals surface area contributed by atoms with E-state index in [0.29, 0.717) is 22.8 Å². The van der Waals surface area contributed by atoms with E-state index in [1.807, 2.05) is 6.07 Å². The first-order valence-electron chi connectivity index (χ1n) is 11.2. The molecule has 3 amide bonds. The van der Waals surface area contributed by atoms with Crippen LogP contribution in [0, 0.1) is 0 Å². The summed E-state index contributed by atoms with van der Waals surface area (Å²) >= 11 is 0. The van der Waals surface area contributed by atoms with E-state index >= 15 is 0 Å². The number of ether oxygens (including phenoxy) is 4. The first kappa shape index (κ1) is 25.9. The number of nitrogens with one attached hydrogen (secondary N) is 2. The van der Waals surface area contributed by atoms with Gasteiger partial charge in [-0.3, -0.25) is 9.59 Å². The fourth-order valence-corrected chi connectivity index (χ4v) is 3.94. The van der Waals surface area contributed by atoms with Crippen molar-refractivity contribution in [2.45, 2.75) is 44.9 Å². The Hall–Kier alpha value is -3.76. The van der Waals surface area contributed by atoms with Crippen LogP contribution in [0.15, 0.2) is 24.4 Å². The van der Waals surface area contributed by atoms with E-state index in [1.165, 1.54) is 11.9 Å². The van der Waals surface area contributed by atoms with E-state index in [1.54, 1.807) is 53.3 Å². The van der Waals surface area contributed by atoms with Gasteiger partial charge in [0.2, 0.25) is 17.7 Å². The first-order chi connectivity index (χ1) is 16.6. The van der Waals surface area contributed by atoms with Crippen LogP contribution >= 0.6 is 0 Å². The number of alkyl carbamates (subject to hydrolysis) is 1. The van der Waals surface area contributed by atoms with Gasteiger partial charge in [-0.15, -0.1) is 0 Å². The molecule has 2 aromatic rings. The highest BCUT2D eigenvalue weighted by Crippen LogP contribution is 2.38. The lowest BCUT2D eigenvalue weighted by Gasteiger charge is -2.24. The zero-order valence-corrected chi connectivity index (χ0v) is 20.8. The van der Waals surface area contributed by atoms with E-state index in [-0.39, 0.29) is 25.4 Å². The number of benzene rings is 1. The number of fused-ring (bicyclic) bond motifs is 1. The van der Waals surface area contributed by atoms with E-state index < -0.39 is 29.7 Å². The number of aromatic nitrogens is 1. The molecule has 1 aromatic heterocycles. The summed E-state index contributed by atoms with van der Waals surface area (Å²) < 4.78 is 22.2. The number of carbonyl (C=O) groups excluding carboxylic acids is 3. The molecule has 2 N–H and O–H groups in total.